The zero-order chi connectivity index (χ0) is 6.57. The molecule has 0 spiro atoms. The average molecular weight is 194 g/mol. The third kappa shape index (κ3) is 11.2. The second-order valence-corrected chi connectivity index (χ2v) is 1.66. The summed E-state index contributed by atoms with van der Waals surface area (Å²) in [6.07, 6.45) is 0. The van der Waals surface area contributed by atoms with Gasteiger partial charge in [0.1, 0.15) is 0 Å². The van der Waals surface area contributed by atoms with E-state index in [9.17, 15) is 0 Å². The number of hydrogen-bond donors (Lipinski definition) is 2. The summed E-state index contributed by atoms with van der Waals surface area (Å²) in [6.45, 7) is 3.11. The van der Waals surface area contributed by atoms with Crippen molar-refractivity contribution in [1.29, 1.82) is 0 Å². The molecule has 2 N–H and O–H groups in total. The van der Waals surface area contributed by atoms with Crippen LogP contribution in [0, 0.1) is 6.54 Å². The Bertz CT molecular complexity index is 67.2. The van der Waals surface area contributed by atoms with E-state index in [4.69, 9.17) is 10.1 Å². The van der Waals surface area contributed by atoms with Crippen molar-refractivity contribution in [1.82, 2.24) is 4.81 Å². The minimum atomic E-state index is -0.512. The van der Waals surface area contributed by atoms with E-state index in [0.29, 0.717) is 0 Å². The van der Waals surface area contributed by atoms with Gasteiger partial charge in [-0.05, 0) is 6.82 Å². The van der Waals surface area contributed by atoms with Crippen molar-refractivity contribution in [2.75, 3.05) is 13.7 Å². The summed E-state index contributed by atoms with van der Waals surface area (Å²) in [7, 11) is 1.18. The Kier molecular flexibility index (Phi) is 23.1. The number of aliphatic hydroxyl groups excluding tert-OH is 1. The number of rotatable bonds is 3. The Hall–Kier alpha value is 3.22. The Morgan fingerprint density at radius 1 is 1.50 bits per heavy atom. The van der Waals surface area contributed by atoms with Crippen LogP contribution in [0.2, 0.25) is 6.82 Å². The molecule has 0 heterocycles. The van der Waals surface area contributed by atoms with Gasteiger partial charge >= 0.3 is 110 Å². The monoisotopic (exact) mass is 194 g/mol. The normalized spacial score (nSPS) is 8.10. The van der Waals surface area contributed by atoms with Gasteiger partial charge in [-0.2, -0.15) is 0 Å². The molecular formula is C4H11BK2NO2+. The molecule has 0 bridgehead atoms. The van der Waals surface area contributed by atoms with Crippen LogP contribution in [-0.4, -0.2) is 35.6 Å². The van der Waals surface area contributed by atoms with Gasteiger partial charge in [0, 0.05) is 0 Å². The molecule has 0 saturated heterocycles. The van der Waals surface area contributed by atoms with Gasteiger partial charge in [0.25, 0.3) is 0 Å². The van der Waals surface area contributed by atoms with Crippen molar-refractivity contribution >= 4 is 7.05 Å². The largest absolute Gasteiger partial charge is 1.00 e. The van der Waals surface area contributed by atoms with Crippen molar-refractivity contribution in [3.63, 3.8) is 0 Å². The molecule has 0 rings (SSSR count). The maximum Gasteiger partial charge on any atom is 1.00 e. The summed E-state index contributed by atoms with van der Waals surface area (Å²) in [6, 6.07) is 0. The summed E-state index contributed by atoms with van der Waals surface area (Å²) in [5.41, 5.74) is 0. The Morgan fingerprint density at radius 2 is 1.90 bits per heavy atom. The molecule has 6 heteroatoms. The molecule has 0 aromatic rings. The molecule has 0 atom stereocenters. The fourth-order valence-electron chi connectivity index (χ4n) is 0.281. The van der Waals surface area contributed by atoms with E-state index >= 15 is 0 Å². The summed E-state index contributed by atoms with van der Waals surface area (Å²) in [5.74, 6) is 0. The van der Waals surface area contributed by atoms with E-state index in [1.54, 1.807) is 13.9 Å². The zero-order valence-corrected chi connectivity index (χ0v) is 13.4. The first-order valence-electron chi connectivity index (χ1n) is 2.52. The van der Waals surface area contributed by atoms with Crippen molar-refractivity contribution in [2.45, 2.75) is 6.82 Å². The molecule has 0 amide bonds. The molecule has 3 nitrogen and oxygen atoms in total. The third-order valence-corrected chi connectivity index (χ3v) is 0.959. The van der Waals surface area contributed by atoms with Gasteiger partial charge in [0.15, 0.2) is 0 Å². The first-order valence-corrected chi connectivity index (χ1v) is 2.52. The van der Waals surface area contributed by atoms with Crippen LogP contribution < -0.4 is 103 Å². The predicted molar refractivity (Wildman–Crippen MR) is 33.0 cm³/mol. The zero-order valence-electron chi connectivity index (χ0n) is 7.20. The van der Waals surface area contributed by atoms with Gasteiger partial charge in [-0.25, -0.2) is 0 Å². The van der Waals surface area contributed by atoms with Crippen molar-refractivity contribution < 1.29 is 113 Å². The smallest absolute Gasteiger partial charge is 0.473 e. The van der Waals surface area contributed by atoms with Gasteiger partial charge in [-0.3, -0.25) is 6.54 Å². The van der Waals surface area contributed by atoms with Crippen molar-refractivity contribution in [2.24, 2.45) is 0 Å². The molecular weight excluding hydrogens is 183 g/mol. The van der Waals surface area contributed by atoms with E-state index in [1.807, 2.05) is 0 Å². The van der Waals surface area contributed by atoms with E-state index in [2.05, 4.69) is 0 Å². The Labute approximate surface area is 148 Å². The minimum Gasteiger partial charge on any atom is -0.473 e. The van der Waals surface area contributed by atoms with Crippen LogP contribution in [0.1, 0.15) is 0 Å². The SMILES string of the molecule is CB(O)N(C)[CH-]CO.[K+].[K+]. The molecule has 0 aromatic heterocycles. The van der Waals surface area contributed by atoms with Gasteiger partial charge < -0.3 is 14.9 Å². The maximum atomic E-state index is 8.74. The quantitative estimate of drug-likeness (QED) is 0.347. The van der Waals surface area contributed by atoms with E-state index in [0.717, 1.165) is 0 Å². The molecule has 0 fully saturated rings. The molecule has 0 aliphatic rings. The molecule has 0 aliphatic heterocycles. The Balaban J connectivity index is -0.000000245. The fourth-order valence-corrected chi connectivity index (χ4v) is 0.281. The van der Waals surface area contributed by atoms with E-state index in [-0.39, 0.29) is 109 Å². The molecule has 0 unspecified atom stereocenters. The van der Waals surface area contributed by atoms with Gasteiger partial charge in [0.2, 0.25) is 0 Å². The van der Waals surface area contributed by atoms with Crippen LogP contribution in [-0.2, 0) is 0 Å². The number of aliphatic hydroxyl groups is 1. The first-order chi connectivity index (χ1) is 3.68. The number of likely N-dealkylation sites (N-methyl/N-ethyl adjacent to an activating group) is 1. The Morgan fingerprint density at radius 3 is 2.00 bits per heavy atom. The second kappa shape index (κ2) is 12.2. The summed E-state index contributed by atoms with van der Waals surface area (Å²) >= 11 is 0. The van der Waals surface area contributed by atoms with Crippen LogP contribution in [0.4, 0.5) is 0 Å². The third-order valence-electron chi connectivity index (χ3n) is 0.959. The van der Waals surface area contributed by atoms with Crippen LogP contribution >= 0.6 is 0 Å². The topological polar surface area (TPSA) is 43.7 Å². The van der Waals surface area contributed by atoms with Crippen molar-refractivity contribution in [3.05, 3.63) is 6.54 Å². The molecule has 0 aliphatic carbocycles. The summed E-state index contributed by atoms with van der Waals surface area (Å²) < 4.78 is 0. The van der Waals surface area contributed by atoms with Crippen molar-refractivity contribution in [3.8, 4) is 0 Å². The molecule has 48 valence electrons. The first kappa shape index (κ1) is 18.9. The molecule has 0 saturated carbocycles. The summed E-state index contributed by atoms with van der Waals surface area (Å²) in [4.78, 5) is 1.53. The number of hydrogen-bond acceptors (Lipinski definition) is 3. The number of nitrogens with zero attached hydrogens (tertiary/aromatic N) is 1. The van der Waals surface area contributed by atoms with Gasteiger partial charge in [0.05, 0.1) is 0 Å². The van der Waals surface area contributed by atoms with Gasteiger partial charge in [-0.15, -0.1) is 0 Å². The van der Waals surface area contributed by atoms with Crippen LogP contribution in [0.15, 0.2) is 0 Å². The minimum absolute atomic E-state index is 0. The molecule has 10 heavy (non-hydrogen) atoms. The molecule has 0 aromatic carbocycles. The average Bonchev–Trinajstić information content (AvgIpc) is 1.67. The van der Waals surface area contributed by atoms with Crippen LogP contribution in [0.5, 0.6) is 0 Å². The predicted octanol–water partition coefficient (Wildman–Crippen LogP) is -6.81. The van der Waals surface area contributed by atoms with Gasteiger partial charge in [-0.1, -0.05) is 13.7 Å². The van der Waals surface area contributed by atoms with E-state index < -0.39 is 7.05 Å². The van der Waals surface area contributed by atoms with Crippen LogP contribution in [0.3, 0.4) is 0 Å². The molecule has 0 radical (unpaired) electrons. The maximum absolute atomic E-state index is 8.74. The van der Waals surface area contributed by atoms with Crippen LogP contribution in [0.25, 0.3) is 0 Å². The summed E-state index contributed by atoms with van der Waals surface area (Å²) in [5, 5.41) is 17.0. The second-order valence-electron chi connectivity index (χ2n) is 1.66. The standard InChI is InChI=1S/C4H11BNO2.2K/c1-5(8)6(2)3-4-7;;/h3,7-8H,4H2,1-2H3;;/q-1;2*+1. The van der Waals surface area contributed by atoms with E-state index in [1.165, 1.54) is 11.4 Å². The fraction of sp³-hybridized carbons (Fsp3) is 0.750.